The van der Waals surface area contributed by atoms with E-state index in [9.17, 15) is 0 Å². The van der Waals surface area contributed by atoms with Crippen molar-refractivity contribution in [2.24, 2.45) is 0 Å². The first-order valence-corrected chi connectivity index (χ1v) is 7.66. The molecule has 0 aromatic heterocycles. The van der Waals surface area contributed by atoms with Crippen LogP contribution in [0.4, 0.5) is 0 Å². The summed E-state index contributed by atoms with van der Waals surface area (Å²) in [6.45, 7) is 0.763. The fourth-order valence-corrected chi connectivity index (χ4v) is 2.79. The Labute approximate surface area is 132 Å². The second kappa shape index (κ2) is 6.29. The second-order valence-electron chi connectivity index (χ2n) is 4.86. The molecule has 1 N–H and O–H groups in total. The molecule has 0 spiro atoms. The monoisotopic (exact) mass is 341 g/mol. The van der Waals surface area contributed by atoms with Crippen molar-refractivity contribution in [2.45, 2.75) is 6.54 Å². The summed E-state index contributed by atoms with van der Waals surface area (Å²) in [6.07, 6.45) is 0. The summed E-state index contributed by atoms with van der Waals surface area (Å²) in [6, 6.07) is 20.5. The Bertz CT molecular complexity index is 765. The van der Waals surface area contributed by atoms with Crippen LogP contribution in [-0.4, -0.2) is 7.05 Å². The molecular formula is C18H16BrNO. The summed E-state index contributed by atoms with van der Waals surface area (Å²) < 4.78 is 7.22. The highest BCUT2D eigenvalue weighted by molar-refractivity contribution is 9.10. The van der Waals surface area contributed by atoms with Crippen LogP contribution in [0.2, 0.25) is 0 Å². The maximum absolute atomic E-state index is 6.17. The summed E-state index contributed by atoms with van der Waals surface area (Å²) in [5, 5.41) is 5.48. The molecule has 21 heavy (non-hydrogen) atoms. The SMILES string of the molecule is CNCc1cc(Br)ccc1Oc1cccc2ccccc12. The van der Waals surface area contributed by atoms with Gasteiger partial charge in [0.15, 0.2) is 0 Å². The smallest absolute Gasteiger partial charge is 0.135 e. The van der Waals surface area contributed by atoms with Gasteiger partial charge in [-0.15, -0.1) is 0 Å². The van der Waals surface area contributed by atoms with Gasteiger partial charge in [0.2, 0.25) is 0 Å². The molecule has 0 bridgehead atoms. The highest BCUT2D eigenvalue weighted by atomic mass is 79.9. The summed E-state index contributed by atoms with van der Waals surface area (Å²) >= 11 is 3.51. The van der Waals surface area contributed by atoms with Crippen LogP contribution in [0.5, 0.6) is 11.5 Å². The number of benzene rings is 3. The predicted molar refractivity (Wildman–Crippen MR) is 90.9 cm³/mol. The molecule has 0 unspecified atom stereocenters. The molecule has 3 rings (SSSR count). The molecule has 2 nitrogen and oxygen atoms in total. The largest absolute Gasteiger partial charge is 0.456 e. The topological polar surface area (TPSA) is 21.3 Å². The summed E-state index contributed by atoms with van der Waals surface area (Å²) in [5.74, 6) is 1.76. The molecule has 0 aliphatic rings. The lowest BCUT2D eigenvalue weighted by Crippen LogP contribution is -2.06. The van der Waals surface area contributed by atoms with Crippen LogP contribution in [-0.2, 0) is 6.54 Å². The van der Waals surface area contributed by atoms with Gasteiger partial charge in [-0.3, -0.25) is 0 Å². The third-order valence-electron chi connectivity index (χ3n) is 3.36. The zero-order valence-electron chi connectivity index (χ0n) is 11.8. The first-order valence-electron chi connectivity index (χ1n) is 6.86. The molecule has 0 saturated carbocycles. The molecule has 0 saturated heterocycles. The van der Waals surface area contributed by atoms with E-state index in [2.05, 4.69) is 45.5 Å². The van der Waals surface area contributed by atoms with Crippen molar-refractivity contribution in [1.82, 2.24) is 5.32 Å². The quantitative estimate of drug-likeness (QED) is 0.711. The number of rotatable bonds is 4. The van der Waals surface area contributed by atoms with Crippen LogP contribution in [0.15, 0.2) is 65.1 Å². The number of halogens is 1. The minimum Gasteiger partial charge on any atom is -0.456 e. The highest BCUT2D eigenvalue weighted by Crippen LogP contribution is 2.32. The Morgan fingerprint density at radius 3 is 2.62 bits per heavy atom. The van der Waals surface area contributed by atoms with Crippen molar-refractivity contribution in [3.8, 4) is 11.5 Å². The number of fused-ring (bicyclic) bond motifs is 1. The van der Waals surface area contributed by atoms with Crippen LogP contribution < -0.4 is 10.1 Å². The Morgan fingerprint density at radius 1 is 0.952 bits per heavy atom. The predicted octanol–water partition coefficient (Wildman–Crippen LogP) is 5.11. The highest BCUT2D eigenvalue weighted by Gasteiger charge is 2.07. The van der Waals surface area contributed by atoms with Gasteiger partial charge in [-0.25, -0.2) is 0 Å². The van der Waals surface area contributed by atoms with Crippen molar-refractivity contribution in [1.29, 1.82) is 0 Å². The number of nitrogens with one attached hydrogen (secondary N) is 1. The average Bonchev–Trinajstić information content (AvgIpc) is 2.50. The third kappa shape index (κ3) is 3.09. The lowest BCUT2D eigenvalue weighted by atomic mass is 10.1. The Kier molecular flexibility index (Phi) is 4.23. The van der Waals surface area contributed by atoms with Gasteiger partial charge < -0.3 is 10.1 Å². The Balaban J connectivity index is 2.02. The van der Waals surface area contributed by atoms with Crippen molar-refractivity contribution >= 4 is 26.7 Å². The van der Waals surface area contributed by atoms with Crippen molar-refractivity contribution in [2.75, 3.05) is 7.05 Å². The van der Waals surface area contributed by atoms with Gasteiger partial charge in [0.25, 0.3) is 0 Å². The molecule has 0 atom stereocenters. The maximum Gasteiger partial charge on any atom is 0.135 e. The van der Waals surface area contributed by atoms with E-state index < -0.39 is 0 Å². The van der Waals surface area contributed by atoms with Crippen LogP contribution in [0.1, 0.15) is 5.56 Å². The molecular weight excluding hydrogens is 326 g/mol. The first-order chi connectivity index (χ1) is 10.3. The van der Waals surface area contributed by atoms with Gasteiger partial charge >= 0.3 is 0 Å². The molecule has 3 aromatic rings. The molecule has 0 amide bonds. The van der Waals surface area contributed by atoms with E-state index >= 15 is 0 Å². The fraction of sp³-hybridized carbons (Fsp3) is 0.111. The fourth-order valence-electron chi connectivity index (χ4n) is 2.38. The summed E-state index contributed by atoms with van der Waals surface area (Å²) in [4.78, 5) is 0. The molecule has 3 heteroatoms. The zero-order chi connectivity index (χ0) is 14.7. The minimum atomic E-state index is 0.763. The van der Waals surface area contributed by atoms with Crippen molar-refractivity contribution in [3.05, 3.63) is 70.7 Å². The zero-order valence-corrected chi connectivity index (χ0v) is 13.4. The average molecular weight is 342 g/mol. The number of hydrogen-bond acceptors (Lipinski definition) is 2. The number of hydrogen-bond donors (Lipinski definition) is 1. The van der Waals surface area contributed by atoms with E-state index in [0.29, 0.717) is 0 Å². The van der Waals surface area contributed by atoms with E-state index in [4.69, 9.17) is 4.74 Å². The Hall–Kier alpha value is -1.84. The van der Waals surface area contributed by atoms with Crippen LogP contribution in [0.3, 0.4) is 0 Å². The molecule has 0 aliphatic heterocycles. The van der Waals surface area contributed by atoms with Crippen molar-refractivity contribution in [3.63, 3.8) is 0 Å². The van der Waals surface area contributed by atoms with E-state index in [-0.39, 0.29) is 0 Å². The molecule has 0 fully saturated rings. The molecule has 0 heterocycles. The first kappa shape index (κ1) is 14.1. The summed E-state index contributed by atoms with van der Waals surface area (Å²) in [7, 11) is 1.93. The van der Waals surface area contributed by atoms with Gasteiger partial charge in [-0.2, -0.15) is 0 Å². The lowest BCUT2D eigenvalue weighted by molar-refractivity contribution is 0.479. The van der Waals surface area contributed by atoms with Gasteiger partial charge in [0.05, 0.1) is 0 Å². The van der Waals surface area contributed by atoms with Crippen molar-refractivity contribution < 1.29 is 4.74 Å². The van der Waals surface area contributed by atoms with Crippen LogP contribution >= 0.6 is 15.9 Å². The van der Waals surface area contributed by atoms with Crippen LogP contribution in [0.25, 0.3) is 10.8 Å². The molecule has 106 valence electrons. The normalized spacial score (nSPS) is 10.8. The molecule has 3 aromatic carbocycles. The van der Waals surface area contributed by atoms with Crippen LogP contribution in [0, 0.1) is 0 Å². The van der Waals surface area contributed by atoms with E-state index in [1.807, 2.05) is 43.4 Å². The summed E-state index contributed by atoms with van der Waals surface area (Å²) in [5.41, 5.74) is 1.12. The second-order valence-corrected chi connectivity index (χ2v) is 5.78. The van der Waals surface area contributed by atoms with E-state index in [0.717, 1.165) is 33.5 Å². The Morgan fingerprint density at radius 2 is 1.76 bits per heavy atom. The number of ether oxygens (including phenoxy) is 1. The van der Waals surface area contributed by atoms with Gasteiger partial charge in [0, 0.05) is 22.0 Å². The molecule has 0 radical (unpaired) electrons. The third-order valence-corrected chi connectivity index (χ3v) is 3.85. The lowest BCUT2D eigenvalue weighted by Gasteiger charge is -2.13. The maximum atomic E-state index is 6.17. The molecule has 0 aliphatic carbocycles. The minimum absolute atomic E-state index is 0.763. The van der Waals surface area contributed by atoms with Gasteiger partial charge in [0.1, 0.15) is 11.5 Å². The van der Waals surface area contributed by atoms with E-state index in [1.165, 1.54) is 5.39 Å². The van der Waals surface area contributed by atoms with E-state index in [1.54, 1.807) is 0 Å². The van der Waals surface area contributed by atoms with Gasteiger partial charge in [-0.1, -0.05) is 52.3 Å². The van der Waals surface area contributed by atoms with Gasteiger partial charge in [-0.05, 0) is 36.7 Å². The standard InChI is InChI=1S/C18H16BrNO/c1-20-12-14-11-15(19)9-10-17(14)21-18-8-4-6-13-5-2-3-7-16(13)18/h2-11,20H,12H2,1H3.